The van der Waals surface area contributed by atoms with E-state index in [0.717, 1.165) is 38.2 Å². The van der Waals surface area contributed by atoms with Crippen molar-refractivity contribution in [2.24, 2.45) is 0 Å². The minimum absolute atomic E-state index is 0.0791. The van der Waals surface area contributed by atoms with Crippen molar-refractivity contribution in [3.63, 3.8) is 0 Å². The number of hydrogen-bond acceptors (Lipinski definition) is 10. The van der Waals surface area contributed by atoms with E-state index in [1.165, 1.54) is 56.7 Å². The Balaban J connectivity index is 2.11. The molecule has 0 aromatic heterocycles. The number of aromatic hydroxyl groups is 1. The van der Waals surface area contributed by atoms with Gasteiger partial charge in [0.05, 0.1) is 0 Å². The fraction of sp³-hybridized carbons (Fsp3) is 0.643. The Morgan fingerprint density at radius 2 is 1.10 bits per heavy atom. The predicted molar refractivity (Wildman–Crippen MR) is 155 cm³/mol. The molecule has 0 saturated heterocycles. The van der Waals surface area contributed by atoms with E-state index in [1.54, 1.807) is 12.1 Å². The van der Waals surface area contributed by atoms with E-state index < -0.39 is 49.1 Å². The number of ether oxygens (including phenoxy) is 1. The quantitative estimate of drug-likeness (QED) is 0.0627. The highest BCUT2D eigenvalue weighted by atomic mass is 16.8. The fourth-order valence-electron chi connectivity index (χ4n) is 5.20. The molecule has 0 amide bonds. The molecule has 232 valence electrons. The molecular formula is C28H40N4O10. The molecule has 0 aliphatic rings. The molecule has 0 heterocycles. The summed E-state index contributed by atoms with van der Waals surface area (Å²) in [7, 11) is 0. The Morgan fingerprint density at radius 1 is 0.643 bits per heavy atom. The molecule has 0 fully saturated rings. The second-order valence-corrected chi connectivity index (χ2v) is 10.5. The predicted octanol–water partition coefficient (Wildman–Crippen LogP) is 7.25. The summed E-state index contributed by atoms with van der Waals surface area (Å²) >= 11 is 0. The van der Waals surface area contributed by atoms with Gasteiger partial charge in [-0.3, -0.25) is 40.5 Å². The summed E-state index contributed by atoms with van der Waals surface area (Å²) in [5, 5.41) is 59.9. The molecule has 0 atom stereocenters. The first-order valence-electron chi connectivity index (χ1n) is 14.5. The number of phenols is 1. The molecule has 0 unspecified atom stereocenters. The maximum atomic E-state index is 12.2. The summed E-state index contributed by atoms with van der Waals surface area (Å²) in [6.45, 7) is 2.18. The lowest BCUT2D eigenvalue weighted by atomic mass is 9.95. The molecule has 0 saturated carbocycles. The molecular weight excluding hydrogens is 552 g/mol. The zero-order valence-corrected chi connectivity index (χ0v) is 24.0. The fourth-order valence-corrected chi connectivity index (χ4v) is 5.20. The van der Waals surface area contributed by atoms with Gasteiger partial charge in [-0.05, 0) is 17.9 Å². The van der Waals surface area contributed by atoms with E-state index in [2.05, 4.69) is 6.92 Å². The Bertz CT molecular complexity index is 1190. The monoisotopic (exact) mass is 592 g/mol. The van der Waals surface area contributed by atoms with Crippen molar-refractivity contribution in [3.05, 3.63) is 76.9 Å². The number of unbranched alkanes of at least 4 members (excludes halogenated alkanes) is 13. The van der Waals surface area contributed by atoms with Gasteiger partial charge in [0, 0.05) is 5.39 Å². The van der Waals surface area contributed by atoms with Crippen LogP contribution in [0.2, 0.25) is 0 Å². The van der Waals surface area contributed by atoms with Crippen LogP contribution in [0, 0.1) is 40.5 Å². The van der Waals surface area contributed by atoms with Crippen molar-refractivity contribution in [2.75, 3.05) is 0 Å². The number of hydrogen-bond donors (Lipinski definition) is 1. The standard InChI is InChI=1S/C28H40N4O10/c1-2-3-4-5-6-7-8-9-10-11-12-13-14-17-22-27(29(34)35,30(36)37)28(31(38)39,32(40)41)42-25-21-20-23-18-15-16-19-24(23)26(25)33/h15-16,18-21,33H,2-14,17,22H2,1H3. The van der Waals surface area contributed by atoms with Crippen LogP contribution < -0.4 is 4.74 Å². The summed E-state index contributed by atoms with van der Waals surface area (Å²) in [6.07, 6.45) is 11.8. The molecule has 0 bridgehead atoms. The second kappa shape index (κ2) is 16.4. The van der Waals surface area contributed by atoms with E-state index in [1.807, 2.05) is 0 Å². The van der Waals surface area contributed by atoms with Crippen molar-refractivity contribution in [1.29, 1.82) is 0 Å². The number of nitro groups is 4. The van der Waals surface area contributed by atoms with Gasteiger partial charge >= 0.3 is 11.5 Å². The molecule has 2 rings (SSSR count). The molecule has 14 nitrogen and oxygen atoms in total. The van der Waals surface area contributed by atoms with Crippen LogP contribution in [0.4, 0.5) is 0 Å². The Morgan fingerprint density at radius 3 is 1.55 bits per heavy atom. The van der Waals surface area contributed by atoms with Crippen LogP contribution in [0.5, 0.6) is 11.5 Å². The van der Waals surface area contributed by atoms with E-state index in [9.17, 15) is 45.6 Å². The molecule has 0 spiro atoms. The number of fused-ring (bicyclic) bond motifs is 1. The van der Waals surface area contributed by atoms with Gasteiger partial charge in [-0.15, -0.1) is 0 Å². The van der Waals surface area contributed by atoms with Crippen molar-refractivity contribution >= 4 is 10.8 Å². The minimum Gasteiger partial charge on any atom is -0.504 e. The van der Waals surface area contributed by atoms with Crippen molar-refractivity contribution in [1.82, 2.24) is 0 Å². The Labute approximate surface area is 243 Å². The van der Waals surface area contributed by atoms with Gasteiger partial charge in [-0.1, -0.05) is 121 Å². The van der Waals surface area contributed by atoms with Gasteiger partial charge in [0.1, 0.15) is 16.3 Å². The van der Waals surface area contributed by atoms with Crippen LogP contribution >= 0.6 is 0 Å². The maximum absolute atomic E-state index is 12.2. The average Bonchev–Trinajstić information content (AvgIpc) is 2.94. The molecule has 0 aliphatic heterocycles. The van der Waals surface area contributed by atoms with Crippen LogP contribution in [-0.4, -0.2) is 36.3 Å². The average molecular weight is 593 g/mol. The molecule has 14 heteroatoms. The van der Waals surface area contributed by atoms with Gasteiger partial charge in [0.15, 0.2) is 21.3 Å². The lowest BCUT2D eigenvalue weighted by Crippen LogP contribution is -2.74. The molecule has 1 N–H and O–H groups in total. The summed E-state index contributed by atoms with van der Waals surface area (Å²) in [6, 6.07) is 8.34. The summed E-state index contributed by atoms with van der Waals surface area (Å²) in [5.41, 5.74) is -3.98. The topological polar surface area (TPSA) is 202 Å². The van der Waals surface area contributed by atoms with Crippen LogP contribution in [0.15, 0.2) is 36.4 Å². The number of nitrogens with zero attached hydrogens (tertiary/aromatic N) is 4. The van der Waals surface area contributed by atoms with Gasteiger partial charge in [0.2, 0.25) is 0 Å². The first-order valence-corrected chi connectivity index (χ1v) is 14.5. The number of benzene rings is 2. The Kier molecular flexibility index (Phi) is 13.3. The van der Waals surface area contributed by atoms with Gasteiger partial charge in [0.25, 0.3) is 0 Å². The van der Waals surface area contributed by atoms with E-state index in [-0.39, 0.29) is 18.2 Å². The number of rotatable bonds is 22. The zero-order valence-electron chi connectivity index (χ0n) is 24.0. The normalized spacial score (nSPS) is 11.8. The summed E-state index contributed by atoms with van der Waals surface area (Å²) in [5.74, 6) is -6.01. The molecule has 2 aromatic rings. The minimum atomic E-state index is -4.36. The number of phenolic OH excluding ortho intramolecular Hbond substituents is 1. The second-order valence-electron chi connectivity index (χ2n) is 10.5. The van der Waals surface area contributed by atoms with Crippen LogP contribution in [0.25, 0.3) is 10.8 Å². The lowest BCUT2D eigenvalue weighted by molar-refractivity contribution is -0.964. The third-order valence-corrected chi connectivity index (χ3v) is 7.62. The Hall–Kier alpha value is -4.10. The van der Waals surface area contributed by atoms with Crippen LogP contribution in [-0.2, 0) is 0 Å². The van der Waals surface area contributed by atoms with Gasteiger partial charge < -0.3 is 9.84 Å². The molecule has 2 aromatic carbocycles. The highest BCUT2D eigenvalue weighted by Gasteiger charge is 2.95. The van der Waals surface area contributed by atoms with E-state index >= 15 is 0 Å². The largest absolute Gasteiger partial charge is 0.764 e. The molecule has 0 radical (unpaired) electrons. The first-order chi connectivity index (χ1) is 20.1. The highest BCUT2D eigenvalue weighted by molar-refractivity contribution is 5.90. The van der Waals surface area contributed by atoms with E-state index in [4.69, 9.17) is 4.74 Å². The smallest absolute Gasteiger partial charge is 0.504 e. The van der Waals surface area contributed by atoms with Gasteiger partial charge in [-0.25, -0.2) is 0 Å². The first kappa shape index (κ1) is 34.1. The summed E-state index contributed by atoms with van der Waals surface area (Å²) in [4.78, 5) is 42.0. The van der Waals surface area contributed by atoms with Crippen LogP contribution in [0.3, 0.4) is 0 Å². The zero-order chi connectivity index (χ0) is 31.2. The lowest BCUT2D eigenvalue weighted by Gasteiger charge is -2.24. The van der Waals surface area contributed by atoms with Gasteiger partial charge in [-0.2, -0.15) is 0 Å². The van der Waals surface area contributed by atoms with Crippen LogP contribution in [0.1, 0.15) is 103 Å². The van der Waals surface area contributed by atoms with Crippen molar-refractivity contribution in [3.8, 4) is 11.5 Å². The molecule has 42 heavy (non-hydrogen) atoms. The molecule has 0 aliphatic carbocycles. The maximum Gasteiger partial charge on any atom is 0.764 e. The SMILES string of the molecule is CCCCCCCCCCCCCCCCC([N+](=O)[O-])([N+](=O)[O-])C(Oc1ccc2ccccc2c1O)([N+](=O)[O-])[N+](=O)[O-]. The third-order valence-electron chi connectivity index (χ3n) is 7.62. The van der Waals surface area contributed by atoms with Crippen molar-refractivity contribution in [2.45, 2.75) is 115 Å². The van der Waals surface area contributed by atoms with E-state index in [0.29, 0.717) is 11.8 Å². The summed E-state index contributed by atoms with van der Waals surface area (Å²) < 4.78 is 4.99. The third kappa shape index (κ3) is 7.79. The highest BCUT2D eigenvalue weighted by Crippen LogP contribution is 2.42. The van der Waals surface area contributed by atoms with Crippen molar-refractivity contribution < 1.29 is 29.5 Å².